The first-order valence-corrected chi connectivity index (χ1v) is 9.44. The van der Waals surface area contributed by atoms with Crippen molar-refractivity contribution in [1.29, 1.82) is 0 Å². The van der Waals surface area contributed by atoms with E-state index in [1.165, 1.54) is 24.9 Å². The number of amides is 2. The zero-order valence-electron chi connectivity index (χ0n) is 15.4. The van der Waals surface area contributed by atoms with E-state index in [1.807, 2.05) is 29.2 Å². The molecule has 2 aliphatic rings. The number of anilines is 2. The van der Waals surface area contributed by atoms with Gasteiger partial charge in [0, 0.05) is 37.6 Å². The van der Waals surface area contributed by atoms with Crippen molar-refractivity contribution in [3.8, 4) is 0 Å². The molecule has 5 heteroatoms. The van der Waals surface area contributed by atoms with Crippen LogP contribution in [0.1, 0.15) is 46.0 Å². The summed E-state index contributed by atoms with van der Waals surface area (Å²) in [6, 6.07) is 7.93. The summed E-state index contributed by atoms with van der Waals surface area (Å²) in [4.78, 5) is 29.6. The van der Waals surface area contributed by atoms with Crippen molar-refractivity contribution in [3.05, 3.63) is 24.3 Å². The topological polar surface area (TPSA) is 52.7 Å². The highest BCUT2D eigenvalue weighted by molar-refractivity contribution is 6.09. The molecule has 25 heavy (non-hydrogen) atoms. The number of benzene rings is 1. The summed E-state index contributed by atoms with van der Waals surface area (Å²) >= 11 is 0. The van der Waals surface area contributed by atoms with Crippen molar-refractivity contribution < 1.29 is 9.59 Å². The third-order valence-electron chi connectivity index (χ3n) is 5.34. The van der Waals surface area contributed by atoms with Gasteiger partial charge in [-0.15, -0.1) is 0 Å². The van der Waals surface area contributed by atoms with Gasteiger partial charge >= 0.3 is 0 Å². The van der Waals surface area contributed by atoms with Gasteiger partial charge in [-0.25, -0.2) is 0 Å². The Hall–Kier alpha value is -2.04. The van der Waals surface area contributed by atoms with Gasteiger partial charge in [-0.3, -0.25) is 9.59 Å². The van der Waals surface area contributed by atoms with Crippen molar-refractivity contribution in [3.63, 3.8) is 0 Å². The van der Waals surface area contributed by atoms with Gasteiger partial charge in [0.25, 0.3) is 0 Å². The summed E-state index contributed by atoms with van der Waals surface area (Å²) in [5.41, 5.74) is 0.886. The van der Waals surface area contributed by atoms with Crippen LogP contribution in [0.5, 0.6) is 0 Å². The van der Waals surface area contributed by atoms with E-state index in [9.17, 15) is 9.59 Å². The molecule has 3 rings (SSSR count). The second kappa shape index (κ2) is 7.46. The fraction of sp³-hybridized carbons (Fsp3) is 0.600. The summed E-state index contributed by atoms with van der Waals surface area (Å²) in [5.74, 6) is -0.310. The highest BCUT2D eigenvalue weighted by Gasteiger charge is 2.39. The van der Waals surface area contributed by atoms with Gasteiger partial charge in [-0.2, -0.15) is 0 Å². The minimum Gasteiger partial charge on any atom is -0.372 e. The van der Waals surface area contributed by atoms with Gasteiger partial charge in [0.2, 0.25) is 11.8 Å². The molecule has 0 bridgehead atoms. The van der Waals surface area contributed by atoms with Crippen LogP contribution in [0.2, 0.25) is 0 Å². The Bertz CT molecular complexity index is 612. The molecule has 2 aliphatic heterocycles. The second-order valence-corrected chi connectivity index (χ2v) is 7.67. The molecule has 0 atom stereocenters. The van der Waals surface area contributed by atoms with E-state index in [4.69, 9.17) is 0 Å². The molecule has 136 valence electrons. The van der Waals surface area contributed by atoms with E-state index in [1.54, 1.807) is 13.8 Å². The number of hydrogen-bond acceptors (Lipinski definition) is 3. The van der Waals surface area contributed by atoms with Crippen LogP contribution >= 0.6 is 0 Å². The third-order valence-corrected chi connectivity index (χ3v) is 5.34. The van der Waals surface area contributed by atoms with Crippen LogP contribution < -0.4 is 10.2 Å². The molecular formula is C20H29N3O2. The minimum atomic E-state index is -1.05. The first kappa shape index (κ1) is 17.8. The molecule has 1 aromatic rings. The summed E-state index contributed by atoms with van der Waals surface area (Å²) in [5, 5.41) is 2.92. The average Bonchev–Trinajstić information content (AvgIpc) is 3.17. The fourth-order valence-corrected chi connectivity index (χ4v) is 3.61. The number of rotatable bonds is 4. The molecule has 2 fully saturated rings. The van der Waals surface area contributed by atoms with Gasteiger partial charge in [0.15, 0.2) is 0 Å². The second-order valence-electron chi connectivity index (χ2n) is 7.67. The van der Waals surface area contributed by atoms with E-state index in [2.05, 4.69) is 10.2 Å². The zero-order chi connectivity index (χ0) is 17.9. The van der Waals surface area contributed by atoms with Crippen molar-refractivity contribution in [2.24, 2.45) is 5.41 Å². The zero-order valence-corrected chi connectivity index (χ0v) is 15.4. The number of nitrogens with zero attached hydrogens (tertiary/aromatic N) is 2. The van der Waals surface area contributed by atoms with Crippen LogP contribution in [0.15, 0.2) is 24.3 Å². The van der Waals surface area contributed by atoms with Gasteiger partial charge in [0.05, 0.1) is 0 Å². The Labute approximate surface area is 150 Å². The monoisotopic (exact) mass is 343 g/mol. The van der Waals surface area contributed by atoms with Gasteiger partial charge < -0.3 is 15.1 Å². The van der Waals surface area contributed by atoms with Crippen molar-refractivity contribution in [1.82, 2.24) is 4.90 Å². The SMILES string of the molecule is CC(C)(C(=O)Nc1ccc(N2CCCC2)cc1)C(=O)N1CCCCC1. The fourth-order valence-electron chi connectivity index (χ4n) is 3.61. The van der Waals surface area contributed by atoms with Crippen LogP contribution in [0.3, 0.4) is 0 Å². The summed E-state index contributed by atoms with van der Waals surface area (Å²) < 4.78 is 0. The molecule has 0 spiro atoms. The number of likely N-dealkylation sites (tertiary alicyclic amines) is 1. The lowest BCUT2D eigenvalue weighted by atomic mass is 9.89. The van der Waals surface area contributed by atoms with E-state index >= 15 is 0 Å². The lowest BCUT2D eigenvalue weighted by Gasteiger charge is -2.33. The first-order chi connectivity index (χ1) is 12.0. The number of hydrogen-bond donors (Lipinski definition) is 1. The van der Waals surface area contributed by atoms with Gasteiger partial charge in [-0.1, -0.05) is 0 Å². The van der Waals surface area contributed by atoms with Crippen molar-refractivity contribution in [2.45, 2.75) is 46.0 Å². The summed E-state index contributed by atoms with van der Waals surface area (Å²) in [6.45, 7) is 7.17. The molecule has 0 saturated carbocycles. The average molecular weight is 343 g/mol. The van der Waals surface area contributed by atoms with Gasteiger partial charge in [-0.05, 0) is 70.2 Å². The van der Waals surface area contributed by atoms with Crippen molar-refractivity contribution in [2.75, 3.05) is 36.4 Å². The highest BCUT2D eigenvalue weighted by atomic mass is 16.2. The van der Waals surface area contributed by atoms with Crippen molar-refractivity contribution >= 4 is 23.2 Å². The lowest BCUT2D eigenvalue weighted by Crippen LogP contribution is -2.48. The maximum Gasteiger partial charge on any atom is 0.239 e. The highest BCUT2D eigenvalue weighted by Crippen LogP contribution is 2.26. The Morgan fingerprint density at radius 1 is 0.880 bits per heavy atom. The standard InChI is InChI=1S/C20H29N3O2/c1-20(2,19(25)23-14-4-3-5-15-23)18(24)21-16-8-10-17(11-9-16)22-12-6-7-13-22/h8-11H,3-7,12-15H2,1-2H3,(H,21,24). The number of carbonyl (C=O) groups is 2. The Morgan fingerprint density at radius 2 is 1.44 bits per heavy atom. The van der Waals surface area contributed by atoms with E-state index < -0.39 is 5.41 Å². The van der Waals surface area contributed by atoms with Crippen LogP contribution in [-0.4, -0.2) is 42.9 Å². The maximum absolute atomic E-state index is 12.7. The Kier molecular flexibility index (Phi) is 5.30. The molecule has 2 amide bonds. The molecule has 0 unspecified atom stereocenters. The predicted octanol–water partition coefficient (Wildman–Crippen LogP) is 3.26. The van der Waals surface area contributed by atoms with Crippen LogP contribution in [0.4, 0.5) is 11.4 Å². The molecule has 1 aromatic carbocycles. The Balaban J connectivity index is 1.62. The molecule has 0 aromatic heterocycles. The quantitative estimate of drug-likeness (QED) is 0.854. The lowest BCUT2D eigenvalue weighted by molar-refractivity contribution is -0.147. The number of carbonyl (C=O) groups excluding carboxylic acids is 2. The third kappa shape index (κ3) is 3.97. The maximum atomic E-state index is 12.7. The largest absolute Gasteiger partial charge is 0.372 e. The predicted molar refractivity (Wildman–Crippen MR) is 101 cm³/mol. The molecule has 5 nitrogen and oxygen atoms in total. The summed E-state index contributed by atoms with van der Waals surface area (Å²) in [6.07, 6.45) is 5.71. The minimum absolute atomic E-state index is 0.0709. The number of nitrogens with one attached hydrogen (secondary N) is 1. The first-order valence-electron chi connectivity index (χ1n) is 9.44. The van der Waals surface area contributed by atoms with E-state index in [0.29, 0.717) is 0 Å². The normalized spacial score (nSPS) is 18.3. The molecule has 2 heterocycles. The molecular weight excluding hydrogens is 314 g/mol. The summed E-state index contributed by atoms with van der Waals surface area (Å²) in [7, 11) is 0. The Morgan fingerprint density at radius 3 is 2.04 bits per heavy atom. The molecule has 1 N–H and O–H groups in total. The number of piperidine rings is 1. The van der Waals surface area contributed by atoms with Crippen LogP contribution in [0.25, 0.3) is 0 Å². The smallest absolute Gasteiger partial charge is 0.239 e. The van der Waals surface area contributed by atoms with E-state index in [0.717, 1.165) is 44.7 Å². The molecule has 2 saturated heterocycles. The molecule has 0 radical (unpaired) electrons. The van der Waals surface area contributed by atoms with Crippen LogP contribution in [-0.2, 0) is 9.59 Å². The van der Waals surface area contributed by atoms with Crippen LogP contribution in [0, 0.1) is 5.41 Å². The van der Waals surface area contributed by atoms with Gasteiger partial charge in [0.1, 0.15) is 5.41 Å². The molecule has 0 aliphatic carbocycles. The van der Waals surface area contributed by atoms with E-state index in [-0.39, 0.29) is 11.8 Å².